The van der Waals surface area contributed by atoms with Crippen LogP contribution in [0.4, 0.5) is 0 Å². The van der Waals surface area contributed by atoms with Crippen molar-refractivity contribution in [2.24, 2.45) is 10.4 Å². The second-order valence-electron chi connectivity index (χ2n) is 6.62. The zero-order valence-electron chi connectivity index (χ0n) is 14.8. The summed E-state index contributed by atoms with van der Waals surface area (Å²) >= 11 is 12.6. The Morgan fingerprint density at radius 1 is 1.36 bits per heavy atom. The fourth-order valence-electron chi connectivity index (χ4n) is 3.14. The molecule has 0 aromatic heterocycles. The molecule has 0 radical (unpaired) electrons. The van der Waals surface area contributed by atoms with Crippen LogP contribution >= 0.6 is 23.2 Å². The lowest BCUT2D eigenvalue weighted by Gasteiger charge is -2.28. The highest BCUT2D eigenvalue weighted by Gasteiger charge is 2.34. The largest absolute Gasteiger partial charge is 0.396 e. The molecule has 2 unspecified atom stereocenters. The Labute approximate surface area is 159 Å². The van der Waals surface area contributed by atoms with Gasteiger partial charge in [0, 0.05) is 54.7 Å². The van der Waals surface area contributed by atoms with Crippen molar-refractivity contribution in [3.05, 3.63) is 33.8 Å². The van der Waals surface area contributed by atoms with Crippen molar-refractivity contribution in [3.63, 3.8) is 0 Å². The van der Waals surface area contributed by atoms with Crippen molar-refractivity contribution in [1.82, 2.24) is 10.6 Å². The summed E-state index contributed by atoms with van der Waals surface area (Å²) in [6.07, 6.45) is 1.67. The van der Waals surface area contributed by atoms with Gasteiger partial charge < -0.3 is 20.5 Å². The summed E-state index contributed by atoms with van der Waals surface area (Å²) in [5, 5.41) is 17.3. The van der Waals surface area contributed by atoms with Crippen LogP contribution in [-0.4, -0.2) is 51.0 Å². The number of guanidine groups is 1. The van der Waals surface area contributed by atoms with Gasteiger partial charge in [0.25, 0.3) is 0 Å². The molecule has 0 amide bonds. The predicted molar refractivity (Wildman–Crippen MR) is 104 cm³/mol. The number of nitrogens with one attached hydrogen (secondary N) is 2. The van der Waals surface area contributed by atoms with Gasteiger partial charge in [-0.2, -0.15) is 0 Å². The number of halogens is 2. The summed E-state index contributed by atoms with van der Waals surface area (Å²) in [4.78, 5) is 4.28. The molecule has 1 aliphatic rings. The highest BCUT2D eigenvalue weighted by molar-refractivity contribution is 6.36. The molecule has 2 rings (SSSR count). The molecule has 0 spiro atoms. The molecule has 1 aliphatic heterocycles. The fraction of sp³-hybridized carbons (Fsp3) is 0.611. The predicted octanol–water partition coefficient (Wildman–Crippen LogP) is 3.05. The standard InChI is InChI=1S/C18H27Cl2N3O2/c1-13(16-14(19)4-3-5-15(16)20)10-22-17(21-2)23-11-18(6-8-24)7-9-25-12-18/h3-5,13,24H,6-12H2,1-2H3,(H2,21,22,23). The molecule has 0 saturated carbocycles. The summed E-state index contributed by atoms with van der Waals surface area (Å²) in [6.45, 7) is 5.03. The average Bonchev–Trinajstić information content (AvgIpc) is 3.04. The Morgan fingerprint density at radius 2 is 2.08 bits per heavy atom. The van der Waals surface area contributed by atoms with Gasteiger partial charge in [0.05, 0.1) is 6.61 Å². The van der Waals surface area contributed by atoms with Crippen LogP contribution in [-0.2, 0) is 4.74 Å². The summed E-state index contributed by atoms with van der Waals surface area (Å²) in [5.74, 6) is 0.861. The molecule has 25 heavy (non-hydrogen) atoms. The molecule has 0 bridgehead atoms. The second kappa shape index (κ2) is 9.62. The molecule has 2 atom stereocenters. The van der Waals surface area contributed by atoms with Crippen molar-refractivity contribution < 1.29 is 9.84 Å². The minimum atomic E-state index is -0.0238. The van der Waals surface area contributed by atoms with Crippen molar-refractivity contribution >= 4 is 29.2 Å². The summed E-state index contributed by atoms with van der Waals surface area (Å²) in [6, 6.07) is 5.55. The molecule has 7 heteroatoms. The van der Waals surface area contributed by atoms with E-state index in [1.165, 1.54) is 0 Å². The molecule has 5 nitrogen and oxygen atoms in total. The number of rotatable bonds is 7. The third-order valence-corrected chi connectivity index (χ3v) is 5.41. The van der Waals surface area contributed by atoms with Crippen molar-refractivity contribution in [2.75, 3.05) is 40.0 Å². The first kappa shape index (κ1) is 20.3. The Bertz CT molecular complexity index is 569. The van der Waals surface area contributed by atoms with Crippen LogP contribution in [0.25, 0.3) is 0 Å². The van der Waals surface area contributed by atoms with Gasteiger partial charge >= 0.3 is 0 Å². The number of benzene rings is 1. The van der Waals surface area contributed by atoms with Gasteiger partial charge in [-0.05, 0) is 30.5 Å². The van der Waals surface area contributed by atoms with E-state index >= 15 is 0 Å². The topological polar surface area (TPSA) is 65.9 Å². The van der Waals surface area contributed by atoms with Crippen LogP contribution < -0.4 is 10.6 Å². The number of aliphatic hydroxyl groups excluding tert-OH is 1. The van der Waals surface area contributed by atoms with E-state index in [2.05, 4.69) is 22.5 Å². The number of ether oxygens (including phenoxy) is 1. The van der Waals surface area contributed by atoms with Crippen LogP contribution in [0, 0.1) is 5.41 Å². The first-order chi connectivity index (χ1) is 12.0. The number of hydrogen-bond donors (Lipinski definition) is 3. The van der Waals surface area contributed by atoms with E-state index in [9.17, 15) is 5.11 Å². The quantitative estimate of drug-likeness (QED) is 0.496. The minimum absolute atomic E-state index is 0.0238. The summed E-state index contributed by atoms with van der Waals surface area (Å²) in [5.41, 5.74) is 0.916. The maximum atomic E-state index is 9.31. The Kier molecular flexibility index (Phi) is 7.81. The lowest BCUT2D eigenvalue weighted by Crippen LogP contribution is -2.45. The fourth-order valence-corrected chi connectivity index (χ4v) is 3.91. The summed E-state index contributed by atoms with van der Waals surface area (Å²) < 4.78 is 5.52. The Hall–Kier alpha value is -1.01. The molecule has 1 aromatic carbocycles. The Morgan fingerprint density at radius 3 is 2.64 bits per heavy atom. The zero-order chi connectivity index (χ0) is 18.3. The first-order valence-electron chi connectivity index (χ1n) is 8.58. The van der Waals surface area contributed by atoms with Crippen molar-refractivity contribution in [2.45, 2.75) is 25.7 Å². The van der Waals surface area contributed by atoms with E-state index < -0.39 is 0 Å². The third kappa shape index (κ3) is 5.48. The van der Waals surface area contributed by atoms with Gasteiger partial charge in [0.1, 0.15) is 0 Å². The molecule has 1 aromatic rings. The molecule has 0 aliphatic carbocycles. The zero-order valence-corrected chi connectivity index (χ0v) is 16.3. The van der Waals surface area contributed by atoms with Gasteiger partial charge in [0.15, 0.2) is 5.96 Å². The SMILES string of the molecule is CN=C(NCC(C)c1c(Cl)cccc1Cl)NCC1(CCO)CCOC1. The van der Waals surface area contributed by atoms with Crippen LogP contribution in [0.1, 0.15) is 31.2 Å². The Balaban J connectivity index is 1.90. The van der Waals surface area contributed by atoms with Crippen LogP contribution in [0.5, 0.6) is 0 Å². The van der Waals surface area contributed by atoms with E-state index in [0.29, 0.717) is 29.7 Å². The molecule has 140 valence electrons. The van der Waals surface area contributed by atoms with Crippen LogP contribution in [0.2, 0.25) is 10.0 Å². The monoisotopic (exact) mass is 387 g/mol. The van der Waals surface area contributed by atoms with Gasteiger partial charge in [-0.25, -0.2) is 0 Å². The maximum Gasteiger partial charge on any atom is 0.191 e. The van der Waals surface area contributed by atoms with E-state index in [1.807, 2.05) is 18.2 Å². The van der Waals surface area contributed by atoms with Crippen molar-refractivity contribution in [1.29, 1.82) is 0 Å². The average molecular weight is 388 g/mol. The number of nitrogens with zero attached hydrogens (tertiary/aromatic N) is 1. The van der Waals surface area contributed by atoms with Gasteiger partial charge in [-0.15, -0.1) is 0 Å². The number of aliphatic imine (C=N–C) groups is 1. The first-order valence-corrected chi connectivity index (χ1v) is 9.34. The van der Waals surface area contributed by atoms with Gasteiger partial charge in [-0.1, -0.05) is 36.2 Å². The third-order valence-electron chi connectivity index (χ3n) is 4.75. The summed E-state index contributed by atoms with van der Waals surface area (Å²) in [7, 11) is 1.74. The van der Waals surface area contributed by atoms with E-state index in [0.717, 1.165) is 31.0 Å². The second-order valence-corrected chi connectivity index (χ2v) is 7.43. The number of aliphatic hydroxyl groups is 1. The lowest BCUT2D eigenvalue weighted by molar-refractivity contribution is 0.127. The van der Waals surface area contributed by atoms with Gasteiger partial charge in [-0.3, -0.25) is 4.99 Å². The normalized spacial score (nSPS) is 22.0. The smallest absolute Gasteiger partial charge is 0.191 e. The molecular formula is C18H27Cl2N3O2. The van der Waals surface area contributed by atoms with Crippen LogP contribution in [0.3, 0.4) is 0 Å². The molecule has 3 N–H and O–H groups in total. The van der Waals surface area contributed by atoms with E-state index in [-0.39, 0.29) is 17.9 Å². The molecular weight excluding hydrogens is 361 g/mol. The minimum Gasteiger partial charge on any atom is -0.396 e. The van der Waals surface area contributed by atoms with E-state index in [1.54, 1.807) is 7.05 Å². The number of hydrogen-bond acceptors (Lipinski definition) is 3. The molecule has 1 fully saturated rings. The molecule has 1 saturated heterocycles. The highest BCUT2D eigenvalue weighted by atomic mass is 35.5. The highest BCUT2D eigenvalue weighted by Crippen LogP contribution is 2.32. The van der Waals surface area contributed by atoms with Crippen LogP contribution in [0.15, 0.2) is 23.2 Å². The molecule has 1 heterocycles. The lowest BCUT2D eigenvalue weighted by atomic mass is 9.84. The van der Waals surface area contributed by atoms with Gasteiger partial charge in [0.2, 0.25) is 0 Å². The van der Waals surface area contributed by atoms with E-state index in [4.69, 9.17) is 27.9 Å². The maximum absolute atomic E-state index is 9.31. The van der Waals surface area contributed by atoms with Crippen molar-refractivity contribution in [3.8, 4) is 0 Å².